The van der Waals surface area contributed by atoms with Crippen LogP contribution in [0.25, 0.3) is 0 Å². The third-order valence-electron chi connectivity index (χ3n) is 11.5. The average Bonchev–Trinajstić information content (AvgIpc) is 3.07. The van der Waals surface area contributed by atoms with Crippen LogP contribution in [0.15, 0.2) is 0 Å². The molecule has 0 aromatic carbocycles. The van der Waals surface area contributed by atoms with E-state index in [9.17, 15) is 0 Å². The molecule has 1 spiro atoms. The molecule has 4 aliphatic carbocycles. The van der Waals surface area contributed by atoms with Crippen molar-refractivity contribution in [2.75, 3.05) is 19.8 Å². The van der Waals surface area contributed by atoms with Crippen LogP contribution < -0.4 is 0 Å². The van der Waals surface area contributed by atoms with Crippen molar-refractivity contribution in [3.63, 3.8) is 0 Å². The maximum Gasteiger partial charge on any atom is 0.169 e. The molecule has 2 heterocycles. The summed E-state index contributed by atoms with van der Waals surface area (Å²) in [5, 5.41) is 0. The summed E-state index contributed by atoms with van der Waals surface area (Å²) in [4.78, 5) is 0. The fourth-order valence-electron chi connectivity index (χ4n) is 9.71. The van der Waals surface area contributed by atoms with E-state index in [1.807, 2.05) is 0 Å². The predicted octanol–water partition coefficient (Wildman–Crippen LogP) is 5.57. The minimum atomic E-state index is -0.329. The van der Waals surface area contributed by atoms with E-state index >= 15 is 0 Å². The monoisotopic (exact) mass is 388 g/mol. The Balaban J connectivity index is 1.30. The van der Waals surface area contributed by atoms with E-state index in [4.69, 9.17) is 14.2 Å². The van der Waals surface area contributed by atoms with Crippen LogP contribution >= 0.6 is 0 Å². The van der Waals surface area contributed by atoms with Gasteiger partial charge in [0.1, 0.15) is 0 Å². The highest BCUT2D eigenvalue weighted by Gasteiger charge is 2.68. The Kier molecular flexibility index (Phi) is 3.70. The summed E-state index contributed by atoms with van der Waals surface area (Å²) < 4.78 is 18.4. The zero-order valence-electron chi connectivity index (χ0n) is 18.5. The Morgan fingerprint density at radius 2 is 1.46 bits per heavy atom. The summed E-state index contributed by atoms with van der Waals surface area (Å²) in [6.45, 7) is 12.7. The second kappa shape index (κ2) is 5.56. The van der Waals surface area contributed by atoms with Crippen LogP contribution in [0.1, 0.15) is 85.5 Å². The largest absolute Gasteiger partial charge is 0.370 e. The SMILES string of the molecule is CC1([C@H]2CC[C@H]3[C@@H]4CC[C@]5(C)CC6(CC[C@]5(C)[C@H]4CC[C@]23C)CO6)OCCO1. The molecule has 158 valence electrons. The smallest absolute Gasteiger partial charge is 0.169 e. The summed E-state index contributed by atoms with van der Waals surface area (Å²) >= 11 is 0. The van der Waals surface area contributed by atoms with Gasteiger partial charge < -0.3 is 14.2 Å². The zero-order valence-corrected chi connectivity index (χ0v) is 18.5. The number of hydrogen-bond acceptors (Lipinski definition) is 3. The van der Waals surface area contributed by atoms with Crippen LogP contribution in [0, 0.1) is 39.9 Å². The maximum atomic E-state index is 6.19. The molecule has 1 unspecified atom stereocenters. The van der Waals surface area contributed by atoms with Crippen LogP contribution in [-0.4, -0.2) is 31.2 Å². The second-order valence-electron chi connectivity index (χ2n) is 12.4. The molecule has 0 N–H and O–H groups in total. The van der Waals surface area contributed by atoms with Crippen molar-refractivity contribution in [1.29, 1.82) is 0 Å². The lowest BCUT2D eigenvalue weighted by molar-refractivity contribution is -0.223. The van der Waals surface area contributed by atoms with E-state index < -0.39 is 0 Å². The molecule has 0 amide bonds. The Morgan fingerprint density at radius 3 is 2.18 bits per heavy atom. The van der Waals surface area contributed by atoms with Crippen LogP contribution in [0.4, 0.5) is 0 Å². The molecule has 0 radical (unpaired) electrons. The number of ether oxygens (including phenoxy) is 3. The predicted molar refractivity (Wildman–Crippen MR) is 109 cm³/mol. The third-order valence-corrected chi connectivity index (χ3v) is 11.5. The molecule has 8 atom stereocenters. The molecule has 6 rings (SSSR count). The standard InChI is InChI=1S/C25H40O3/c1-21-9-7-17-18-5-6-20(24(4)26-13-14-27-24)22(18,2)10-8-19(17)23(21,3)11-12-25(15-21)16-28-25/h17-20H,5-16H2,1-4H3/t17-,18-,19-,20-,21+,22-,23+,25?/m0/s1. The van der Waals surface area contributed by atoms with Gasteiger partial charge in [-0.15, -0.1) is 0 Å². The van der Waals surface area contributed by atoms with E-state index in [0.29, 0.717) is 22.2 Å². The molecule has 6 aliphatic rings. The van der Waals surface area contributed by atoms with Crippen LogP contribution in [0.3, 0.4) is 0 Å². The molecule has 4 saturated carbocycles. The van der Waals surface area contributed by atoms with Gasteiger partial charge in [0.25, 0.3) is 0 Å². The Bertz CT molecular complexity index is 665. The van der Waals surface area contributed by atoms with E-state index in [0.717, 1.165) is 37.6 Å². The highest BCUT2D eigenvalue weighted by Crippen LogP contribution is 2.73. The first-order valence-corrected chi connectivity index (χ1v) is 12.2. The Labute approximate surface area is 171 Å². The van der Waals surface area contributed by atoms with Crippen molar-refractivity contribution < 1.29 is 14.2 Å². The highest BCUT2D eigenvalue weighted by atomic mass is 16.7. The van der Waals surface area contributed by atoms with Gasteiger partial charge in [-0.1, -0.05) is 20.8 Å². The van der Waals surface area contributed by atoms with Crippen LogP contribution in [0.2, 0.25) is 0 Å². The van der Waals surface area contributed by atoms with E-state index in [1.165, 1.54) is 57.8 Å². The van der Waals surface area contributed by atoms with Crippen molar-refractivity contribution in [1.82, 2.24) is 0 Å². The summed E-state index contributed by atoms with van der Waals surface area (Å²) in [5.41, 5.74) is 1.68. The van der Waals surface area contributed by atoms with Gasteiger partial charge in [0, 0.05) is 5.92 Å². The quantitative estimate of drug-likeness (QED) is 0.550. The van der Waals surface area contributed by atoms with Gasteiger partial charge in [0.05, 0.1) is 25.4 Å². The summed E-state index contributed by atoms with van der Waals surface area (Å²) in [6.07, 6.45) is 12.4. The fourth-order valence-corrected chi connectivity index (χ4v) is 9.71. The first-order valence-electron chi connectivity index (χ1n) is 12.2. The molecule has 2 aliphatic heterocycles. The van der Waals surface area contributed by atoms with Gasteiger partial charge in [-0.2, -0.15) is 0 Å². The van der Waals surface area contributed by atoms with E-state index in [1.54, 1.807) is 0 Å². The minimum Gasteiger partial charge on any atom is -0.370 e. The van der Waals surface area contributed by atoms with E-state index in [-0.39, 0.29) is 11.4 Å². The van der Waals surface area contributed by atoms with Crippen molar-refractivity contribution in [3.8, 4) is 0 Å². The van der Waals surface area contributed by atoms with Gasteiger partial charge in [0.15, 0.2) is 5.79 Å². The summed E-state index contributed by atoms with van der Waals surface area (Å²) in [5.74, 6) is 2.95. The van der Waals surface area contributed by atoms with Crippen molar-refractivity contribution in [2.24, 2.45) is 39.9 Å². The van der Waals surface area contributed by atoms with Gasteiger partial charge >= 0.3 is 0 Å². The molecule has 0 aromatic rings. The van der Waals surface area contributed by atoms with Gasteiger partial charge in [-0.25, -0.2) is 0 Å². The first kappa shape index (κ1) is 18.6. The summed E-state index contributed by atoms with van der Waals surface area (Å²) in [6, 6.07) is 0. The Morgan fingerprint density at radius 1 is 0.714 bits per heavy atom. The third kappa shape index (κ3) is 2.22. The molecule has 0 bridgehead atoms. The molecule has 6 fully saturated rings. The lowest BCUT2D eigenvalue weighted by atomic mass is 9.39. The number of fused-ring (bicyclic) bond motifs is 5. The molecular formula is C25H40O3. The summed E-state index contributed by atoms with van der Waals surface area (Å²) in [7, 11) is 0. The highest BCUT2D eigenvalue weighted by molar-refractivity contribution is 5.16. The van der Waals surface area contributed by atoms with Crippen LogP contribution in [-0.2, 0) is 14.2 Å². The van der Waals surface area contributed by atoms with E-state index in [2.05, 4.69) is 27.7 Å². The Hall–Kier alpha value is -0.120. The van der Waals surface area contributed by atoms with Gasteiger partial charge in [-0.05, 0) is 98.7 Å². The lowest BCUT2D eigenvalue weighted by Gasteiger charge is -2.65. The van der Waals surface area contributed by atoms with Gasteiger partial charge in [-0.3, -0.25) is 0 Å². The molecule has 3 nitrogen and oxygen atoms in total. The van der Waals surface area contributed by atoms with Crippen LogP contribution in [0.5, 0.6) is 0 Å². The molecular weight excluding hydrogens is 348 g/mol. The minimum absolute atomic E-state index is 0.286. The molecule has 2 saturated heterocycles. The van der Waals surface area contributed by atoms with Gasteiger partial charge in [0.2, 0.25) is 0 Å². The number of rotatable bonds is 1. The normalized spacial score (nSPS) is 59.6. The van der Waals surface area contributed by atoms with Crippen molar-refractivity contribution in [3.05, 3.63) is 0 Å². The van der Waals surface area contributed by atoms with Crippen molar-refractivity contribution in [2.45, 2.75) is 96.9 Å². The lowest BCUT2D eigenvalue weighted by Crippen LogP contribution is -2.59. The van der Waals surface area contributed by atoms with Crippen molar-refractivity contribution >= 4 is 0 Å². The zero-order chi connectivity index (χ0) is 19.4. The average molecular weight is 389 g/mol. The first-order chi connectivity index (χ1) is 13.2. The maximum absolute atomic E-state index is 6.19. The topological polar surface area (TPSA) is 31.0 Å². The number of hydrogen-bond donors (Lipinski definition) is 0. The molecule has 0 aromatic heterocycles. The second-order valence-corrected chi connectivity index (χ2v) is 12.4. The fraction of sp³-hybridized carbons (Fsp3) is 1.00. The molecule has 28 heavy (non-hydrogen) atoms. The molecule has 3 heteroatoms. The number of epoxide rings is 1.